The fraction of sp³-hybridized carbons (Fsp3) is 0.125. The highest BCUT2D eigenvalue weighted by molar-refractivity contribution is 6.30. The zero-order valence-electron chi connectivity index (χ0n) is 11.9. The second kappa shape index (κ2) is 7.47. The van der Waals surface area contributed by atoms with Gasteiger partial charge >= 0.3 is 0 Å². The summed E-state index contributed by atoms with van der Waals surface area (Å²) < 4.78 is 5.02. The Hall–Kier alpha value is -2.53. The van der Waals surface area contributed by atoms with Gasteiger partial charge in [-0.2, -0.15) is 0 Å². The maximum Gasteiger partial charge on any atom is 0.251 e. The molecule has 5 nitrogen and oxygen atoms in total. The minimum absolute atomic E-state index is 0.118. The number of hydrogen-bond donors (Lipinski definition) is 2. The Morgan fingerprint density at radius 2 is 1.68 bits per heavy atom. The van der Waals surface area contributed by atoms with E-state index < -0.39 is 0 Å². The minimum Gasteiger partial charge on any atom is -0.497 e. The van der Waals surface area contributed by atoms with Crippen molar-refractivity contribution in [3.05, 3.63) is 59.1 Å². The fourth-order valence-electron chi connectivity index (χ4n) is 1.74. The second-order valence-corrected chi connectivity index (χ2v) is 4.90. The van der Waals surface area contributed by atoms with Gasteiger partial charge in [0.25, 0.3) is 5.91 Å². The van der Waals surface area contributed by atoms with E-state index in [1.54, 1.807) is 55.6 Å². The van der Waals surface area contributed by atoms with Crippen LogP contribution in [-0.4, -0.2) is 25.5 Å². The molecule has 2 N–H and O–H groups in total. The van der Waals surface area contributed by atoms with Gasteiger partial charge in [0.1, 0.15) is 5.75 Å². The minimum atomic E-state index is -0.325. The summed E-state index contributed by atoms with van der Waals surface area (Å²) in [5.41, 5.74) is 1.08. The van der Waals surface area contributed by atoms with E-state index in [9.17, 15) is 9.59 Å². The highest BCUT2D eigenvalue weighted by atomic mass is 35.5. The van der Waals surface area contributed by atoms with E-state index in [1.165, 1.54) is 0 Å². The first kappa shape index (κ1) is 15.9. The van der Waals surface area contributed by atoms with E-state index in [0.717, 1.165) is 0 Å². The molecule has 22 heavy (non-hydrogen) atoms. The van der Waals surface area contributed by atoms with Crippen LogP contribution in [0.25, 0.3) is 0 Å². The molecule has 0 aliphatic carbocycles. The molecule has 114 valence electrons. The number of methoxy groups -OCH3 is 1. The molecule has 0 fully saturated rings. The first-order valence-corrected chi connectivity index (χ1v) is 6.94. The Labute approximate surface area is 133 Å². The zero-order valence-corrected chi connectivity index (χ0v) is 12.7. The molecule has 6 heteroatoms. The fourth-order valence-corrected chi connectivity index (χ4v) is 1.87. The van der Waals surface area contributed by atoms with Crippen LogP contribution in [0, 0.1) is 0 Å². The molecular formula is C16H15ClN2O3. The van der Waals surface area contributed by atoms with Crippen LogP contribution in [0.4, 0.5) is 5.69 Å². The number of benzene rings is 2. The maximum absolute atomic E-state index is 11.9. The van der Waals surface area contributed by atoms with E-state index in [0.29, 0.717) is 22.0 Å². The summed E-state index contributed by atoms with van der Waals surface area (Å²) in [4.78, 5) is 23.7. The van der Waals surface area contributed by atoms with Gasteiger partial charge in [-0.3, -0.25) is 9.59 Å². The Balaban J connectivity index is 1.84. The summed E-state index contributed by atoms with van der Waals surface area (Å²) >= 11 is 5.76. The van der Waals surface area contributed by atoms with E-state index in [4.69, 9.17) is 16.3 Å². The lowest BCUT2D eigenvalue weighted by molar-refractivity contribution is -0.115. The highest BCUT2D eigenvalue weighted by Crippen LogP contribution is 2.13. The molecule has 0 aliphatic heterocycles. The van der Waals surface area contributed by atoms with Crippen LogP contribution < -0.4 is 15.4 Å². The summed E-state index contributed by atoms with van der Waals surface area (Å²) in [6, 6.07) is 13.3. The molecule has 2 amide bonds. The topological polar surface area (TPSA) is 67.4 Å². The summed E-state index contributed by atoms with van der Waals surface area (Å²) in [7, 11) is 1.55. The molecule has 0 atom stereocenters. The molecule has 0 aliphatic rings. The SMILES string of the molecule is COc1ccc(C(=O)NCC(=O)Nc2ccc(Cl)cc2)cc1. The van der Waals surface area contributed by atoms with Gasteiger partial charge in [-0.1, -0.05) is 11.6 Å². The van der Waals surface area contributed by atoms with Crippen LogP contribution >= 0.6 is 11.6 Å². The van der Waals surface area contributed by atoms with Gasteiger partial charge in [-0.25, -0.2) is 0 Å². The Kier molecular flexibility index (Phi) is 5.38. The Morgan fingerprint density at radius 3 is 2.27 bits per heavy atom. The lowest BCUT2D eigenvalue weighted by Crippen LogP contribution is -2.32. The zero-order chi connectivity index (χ0) is 15.9. The summed E-state index contributed by atoms with van der Waals surface area (Å²) in [6.07, 6.45) is 0. The van der Waals surface area contributed by atoms with Gasteiger partial charge in [-0.05, 0) is 48.5 Å². The van der Waals surface area contributed by atoms with Crippen molar-refractivity contribution in [2.45, 2.75) is 0 Å². The molecule has 0 saturated carbocycles. The number of ether oxygens (including phenoxy) is 1. The molecule has 2 aromatic carbocycles. The van der Waals surface area contributed by atoms with Crippen molar-refractivity contribution in [1.82, 2.24) is 5.32 Å². The molecule has 0 radical (unpaired) electrons. The average molecular weight is 319 g/mol. The Bertz CT molecular complexity index is 654. The molecule has 0 bridgehead atoms. The first-order valence-electron chi connectivity index (χ1n) is 6.56. The van der Waals surface area contributed by atoms with Crippen molar-refractivity contribution in [2.75, 3.05) is 19.0 Å². The smallest absolute Gasteiger partial charge is 0.251 e. The van der Waals surface area contributed by atoms with E-state index in [2.05, 4.69) is 10.6 Å². The number of halogens is 1. The molecule has 0 saturated heterocycles. The van der Waals surface area contributed by atoms with Crippen molar-refractivity contribution < 1.29 is 14.3 Å². The molecule has 0 heterocycles. The van der Waals surface area contributed by atoms with Crippen LogP contribution in [0.1, 0.15) is 10.4 Å². The van der Waals surface area contributed by atoms with Crippen LogP contribution in [0.3, 0.4) is 0 Å². The largest absolute Gasteiger partial charge is 0.497 e. The van der Waals surface area contributed by atoms with Crippen LogP contribution in [0.15, 0.2) is 48.5 Å². The van der Waals surface area contributed by atoms with Crippen molar-refractivity contribution in [1.29, 1.82) is 0 Å². The number of amides is 2. The third kappa shape index (κ3) is 4.49. The van der Waals surface area contributed by atoms with Crippen molar-refractivity contribution in [3.63, 3.8) is 0 Å². The predicted octanol–water partition coefficient (Wildman–Crippen LogP) is 2.72. The van der Waals surface area contributed by atoms with Crippen LogP contribution in [0.5, 0.6) is 5.75 Å². The van der Waals surface area contributed by atoms with E-state index in [1.807, 2.05) is 0 Å². The van der Waals surface area contributed by atoms with Crippen LogP contribution in [-0.2, 0) is 4.79 Å². The van der Waals surface area contributed by atoms with Gasteiger partial charge in [0.2, 0.25) is 5.91 Å². The normalized spacial score (nSPS) is 9.91. The van der Waals surface area contributed by atoms with Gasteiger partial charge < -0.3 is 15.4 Å². The van der Waals surface area contributed by atoms with Gasteiger partial charge in [0.15, 0.2) is 0 Å². The maximum atomic E-state index is 11.9. The second-order valence-electron chi connectivity index (χ2n) is 4.47. The third-order valence-electron chi connectivity index (χ3n) is 2.89. The number of anilines is 1. The summed E-state index contributed by atoms with van der Waals surface area (Å²) in [5, 5.41) is 5.80. The molecule has 2 aromatic rings. The van der Waals surface area contributed by atoms with Crippen molar-refractivity contribution in [3.8, 4) is 5.75 Å². The quantitative estimate of drug-likeness (QED) is 0.890. The first-order chi connectivity index (χ1) is 10.6. The number of hydrogen-bond acceptors (Lipinski definition) is 3. The Morgan fingerprint density at radius 1 is 1.05 bits per heavy atom. The number of carbonyl (C=O) groups is 2. The van der Waals surface area contributed by atoms with E-state index >= 15 is 0 Å². The number of carbonyl (C=O) groups excluding carboxylic acids is 2. The van der Waals surface area contributed by atoms with Crippen molar-refractivity contribution in [2.24, 2.45) is 0 Å². The van der Waals surface area contributed by atoms with Crippen LogP contribution in [0.2, 0.25) is 5.02 Å². The van der Waals surface area contributed by atoms with Gasteiger partial charge in [0, 0.05) is 16.3 Å². The van der Waals surface area contributed by atoms with Crippen molar-refractivity contribution >= 4 is 29.1 Å². The third-order valence-corrected chi connectivity index (χ3v) is 3.14. The highest BCUT2D eigenvalue weighted by Gasteiger charge is 2.08. The number of rotatable bonds is 5. The molecular weight excluding hydrogens is 304 g/mol. The van der Waals surface area contributed by atoms with Gasteiger partial charge in [0.05, 0.1) is 13.7 Å². The number of nitrogens with one attached hydrogen (secondary N) is 2. The lowest BCUT2D eigenvalue weighted by Gasteiger charge is -2.07. The molecule has 2 rings (SSSR count). The summed E-state index contributed by atoms with van der Waals surface area (Å²) in [5.74, 6) is 0.0233. The average Bonchev–Trinajstić information content (AvgIpc) is 2.55. The molecule has 0 aromatic heterocycles. The van der Waals surface area contributed by atoms with E-state index in [-0.39, 0.29) is 18.4 Å². The summed E-state index contributed by atoms with van der Waals surface area (Å²) in [6.45, 7) is -0.118. The lowest BCUT2D eigenvalue weighted by atomic mass is 10.2. The monoisotopic (exact) mass is 318 g/mol. The van der Waals surface area contributed by atoms with Gasteiger partial charge in [-0.15, -0.1) is 0 Å². The molecule has 0 spiro atoms. The predicted molar refractivity (Wildman–Crippen MR) is 85.4 cm³/mol. The standard InChI is InChI=1S/C16H15ClN2O3/c1-22-14-8-2-11(3-9-14)16(21)18-10-15(20)19-13-6-4-12(17)5-7-13/h2-9H,10H2,1H3,(H,18,21)(H,19,20). The molecule has 0 unspecified atom stereocenters.